The van der Waals surface area contributed by atoms with Crippen LogP contribution in [-0.2, 0) is 6.54 Å². The van der Waals surface area contributed by atoms with E-state index in [0.717, 1.165) is 22.6 Å². The average molecular weight is 254 g/mol. The van der Waals surface area contributed by atoms with Crippen molar-refractivity contribution in [1.29, 1.82) is 0 Å². The Hall–Kier alpha value is -2.40. The van der Waals surface area contributed by atoms with Crippen molar-refractivity contribution in [2.24, 2.45) is 5.73 Å². The molecule has 0 aliphatic heterocycles. The Morgan fingerprint density at radius 3 is 2.95 bits per heavy atom. The fraction of sp³-hybridized carbons (Fsp3) is 0.143. The molecule has 2 N–H and O–H groups in total. The first-order valence-corrected chi connectivity index (χ1v) is 5.98. The molecule has 3 rings (SSSR count). The highest BCUT2D eigenvalue weighted by molar-refractivity contribution is 5.64. The van der Waals surface area contributed by atoms with Gasteiger partial charge < -0.3 is 10.5 Å². The third-order valence-corrected chi connectivity index (χ3v) is 2.97. The molecule has 0 bridgehead atoms. The molecule has 0 atom stereocenters. The number of rotatable bonds is 3. The maximum atomic E-state index is 5.58. The topological polar surface area (TPSA) is 65.4 Å². The Morgan fingerprint density at radius 2 is 2.16 bits per heavy atom. The van der Waals surface area contributed by atoms with Gasteiger partial charge in [-0.15, -0.1) is 0 Å². The summed E-state index contributed by atoms with van der Waals surface area (Å²) in [5.41, 5.74) is 8.47. The van der Waals surface area contributed by atoms with Crippen molar-refractivity contribution in [2.45, 2.75) is 6.54 Å². The van der Waals surface area contributed by atoms with Gasteiger partial charge in [0.1, 0.15) is 5.75 Å². The van der Waals surface area contributed by atoms with Crippen LogP contribution in [0.25, 0.3) is 16.9 Å². The number of aromatic nitrogens is 3. The van der Waals surface area contributed by atoms with Crippen LogP contribution in [0.4, 0.5) is 0 Å². The number of hydrogen-bond acceptors (Lipinski definition) is 4. The molecular weight excluding hydrogens is 240 g/mol. The molecule has 0 fully saturated rings. The Bertz CT molecular complexity index is 720. The van der Waals surface area contributed by atoms with Gasteiger partial charge in [0.2, 0.25) is 5.78 Å². The lowest BCUT2D eigenvalue weighted by molar-refractivity contribution is 0.415. The summed E-state index contributed by atoms with van der Waals surface area (Å²) in [5, 5.41) is 0. The van der Waals surface area contributed by atoms with E-state index in [4.69, 9.17) is 10.5 Å². The molecule has 0 saturated carbocycles. The molecule has 0 radical (unpaired) electrons. The largest absolute Gasteiger partial charge is 0.497 e. The smallest absolute Gasteiger partial charge is 0.233 e. The maximum Gasteiger partial charge on any atom is 0.233 e. The lowest BCUT2D eigenvalue weighted by Crippen LogP contribution is -1.95. The first-order valence-electron chi connectivity index (χ1n) is 5.98. The van der Waals surface area contributed by atoms with Crippen LogP contribution in [0.1, 0.15) is 5.69 Å². The van der Waals surface area contributed by atoms with Crippen molar-refractivity contribution in [3.8, 4) is 16.9 Å². The van der Waals surface area contributed by atoms with Crippen molar-refractivity contribution < 1.29 is 4.74 Å². The second-order valence-corrected chi connectivity index (χ2v) is 4.22. The standard InChI is InChI=1S/C14H14N4O/c1-19-13-4-2-3-10(5-13)11-7-16-14-17-12(6-15)9-18(14)8-11/h2-5,7-9H,6,15H2,1H3. The molecule has 2 heterocycles. The molecule has 0 spiro atoms. The summed E-state index contributed by atoms with van der Waals surface area (Å²) in [6.45, 7) is 0.415. The van der Waals surface area contributed by atoms with Crippen molar-refractivity contribution in [1.82, 2.24) is 14.4 Å². The van der Waals surface area contributed by atoms with Crippen molar-refractivity contribution in [3.63, 3.8) is 0 Å². The summed E-state index contributed by atoms with van der Waals surface area (Å²) < 4.78 is 7.12. The number of nitrogens with zero attached hydrogens (tertiary/aromatic N) is 3. The van der Waals surface area contributed by atoms with Gasteiger partial charge in [-0.3, -0.25) is 4.40 Å². The Morgan fingerprint density at radius 1 is 1.26 bits per heavy atom. The van der Waals surface area contributed by atoms with Gasteiger partial charge in [-0.2, -0.15) is 0 Å². The van der Waals surface area contributed by atoms with Gasteiger partial charge in [0.15, 0.2) is 0 Å². The number of hydrogen-bond donors (Lipinski definition) is 1. The fourth-order valence-electron chi connectivity index (χ4n) is 1.98. The number of methoxy groups -OCH3 is 1. The van der Waals surface area contributed by atoms with Crippen LogP contribution >= 0.6 is 0 Å². The van der Waals surface area contributed by atoms with E-state index >= 15 is 0 Å². The number of imidazole rings is 1. The lowest BCUT2D eigenvalue weighted by atomic mass is 10.1. The lowest BCUT2D eigenvalue weighted by Gasteiger charge is -2.04. The molecule has 19 heavy (non-hydrogen) atoms. The molecule has 0 aliphatic carbocycles. The minimum atomic E-state index is 0.415. The number of ether oxygens (including phenoxy) is 1. The van der Waals surface area contributed by atoms with Crippen LogP contribution in [0.3, 0.4) is 0 Å². The van der Waals surface area contributed by atoms with Gasteiger partial charge in [-0.05, 0) is 17.7 Å². The van der Waals surface area contributed by atoms with Gasteiger partial charge in [0, 0.05) is 30.7 Å². The van der Waals surface area contributed by atoms with Crippen molar-refractivity contribution in [3.05, 3.63) is 48.5 Å². The van der Waals surface area contributed by atoms with Crippen LogP contribution in [0.2, 0.25) is 0 Å². The van der Waals surface area contributed by atoms with E-state index in [0.29, 0.717) is 12.3 Å². The zero-order valence-electron chi connectivity index (χ0n) is 10.6. The molecule has 2 aromatic heterocycles. The first-order chi connectivity index (χ1) is 9.30. The van der Waals surface area contributed by atoms with Gasteiger partial charge in [0.25, 0.3) is 0 Å². The Balaban J connectivity index is 2.08. The normalized spacial score (nSPS) is 10.8. The van der Waals surface area contributed by atoms with Crippen molar-refractivity contribution in [2.75, 3.05) is 7.11 Å². The minimum absolute atomic E-state index is 0.415. The van der Waals surface area contributed by atoms with E-state index in [-0.39, 0.29) is 0 Å². The molecule has 0 aliphatic rings. The highest BCUT2D eigenvalue weighted by Crippen LogP contribution is 2.23. The van der Waals surface area contributed by atoms with Crippen LogP contribution < -0.4 is 10.5 Å². The molecular formula is C14H14N4O. The summed E-state index contributed by atoms with van der Waals surface area (Å²) in [5.74, 6) is 1.48. The molecule has 96 valence electrons. The van der Waals surface area contributed by atoms with E-state index in [1.54, 1.807) is 13.3 Å². The highest BCUT2D eigenvalue weighted by Gasteiger charge is 2.05. The summed E-state index contributed by atoms with van der Waals surface area (Å²) in [6, 6.07) is 7.87. The van der Waals surface area contributed by atoms with Gasteiger partial charge in [0.05, 0.1) is 12.8 Å². The SMILES string of the molecule is COc1cccc(-c2cnc3nc(CN)cn3c2)c1. The Labute approximate surface area is 110 Å². The predicted octanol–water partition coefficient (Wildman–Crippen LogP) is 1.86. The van der Waals surface area contributed by atoms with E-state index in [9.17, 15) is 0 Å². The van der Waals surface area contributed by atoms with Crippen LogP contribution in [-0.4, -0.2) is 21.5 Å². The molecule has 0 saturated heterocycles. The summed E-state index contributed by atoms with van der Waals surface area (Å²) in [6.07, 6.45) is 5.69. The van der Waals surface area contributed by atoms with Crippen molar-refractivity contribution >= 4 is 5.78 Å². The Kier molecular flexibility index (Phi) is 2.89. The quantitative estimate of drug-likeness (QED) is 0.774. The summed E-state index contributed by atoms with van der Waals surface area (Å²) in [7, 11) is 1.66. The molecule has 5 heteroatoms. The second-order valence-electron chi connectivity index (χ2n) is 4.22. The number of fused-ring (bicyclic) bond motifs is 1. The summed E-state index contributed by atoms with van der Waals surface area (Å²) >= 11 is 0. The monoisotopic (exact) mass is 254 g/mol. The van der Waals surface area contributed by atoms with Crippen LogP contribution in [0.5, 0.6) is 5.75 Å². The number of nitrogens with two attached hydrogens (primary N) is 1. The van der Waals surface area contributed by atoms with Gasteiger partial charge in [-0.1, -0.05) is 12.1 Å². The van der Waals surface area contributed by atoms with E-state index in [1.165, 1.54) is 0 Å². The molecule has 1 aromatic carbocycles. The highest BCUT2D eigenvalue weighted by atomic mass is 16.5. The minimum Gasteiger partial charge on any atom is -0.497 e. The molecule has 3 aromatic rings. The zero-order valence-corrected chi connectivity index (χ0v) is 10.6. The second kappa shape index (κ2) is 4.70. The first kappa shape index (κ1) is 11.7. The van der Waals surface area contributed by atoms with E-state index in [1.807, 2.05) is 41.1 Å². The number of benzene rings is 1. The average Bonchev–Trinajstić information content (AvgIpc) is 2.89. The third kappa shape index (κ3) is 2.15. The van der Waals surface area contributed by atoms with E-state index < -0.39 is 0 Å². The third-order valence-electron chi connectivity index (χ3n) is 2.97. The van der Waals surface area contributed by atoms with Gasteiger partial charge >= 0.3 is 0 Å². The maximum absolute atomic E-state index is 5.58. The zero-order chi connectivity index (χ0) is 13.2. The fourth-order valence-corrected chi connectivity index (χ4v) is 1.98. The van der Waals surface area contributed by atoms with Gasteiger partial charge in [-0.25, -0.2) is 9.97 Å². The molecule has 0 amide bonds. The molecule has 0 unspecified atom stereocenters. The van der Waals surface area contributed by atoms with Crippen LogP contribution in [0, 0.1) is 0 Å². The summed E-state index contributed by atoms with van der Waals surface area (Å²) in [4.78, 5) is 8.64. The van der Waals surface area contributed by atoms with E-state index in [2.05, 4.69) is 9.97 Å². The van der Waals surface area contributed by atoms with Crippen LogP contribution in [0.15, 0.2) is 42.9 Å². The molecule has 5 nitrogen and oxygen atoms in total. The predicted molar refractivity (Wildman–Crippen MR) is 72.9 cm³/mol.